The number of aliphatic carboxylic acids is 2. The van der Waals surface area contributed by atoms with E-state index in [1.54, 1.807) is 38.4 Å². The molecule has 4 aromatic carbocycles. The first kappa shape index (κ1) is 41.0. The number of carboxylic acids is 2. The van der Waals surface area contributed by atoms with Gasteiger partial charge in [0.1, 0.15) is 25.5 Å². The molecular formula is C34H31Br2Cl4N3O7. The third kappa shape index (κ3) is 11.9. The van der Waals surface area contributed by atoms with Gasteiger partial charge in [0.15, 0.2) is 5.75 Å². The molecule has 0 atom stereocenters. The predicted molar refractivity (Wildman–Crippen MR) is 205 cm³/mol. The zero-order valence-electron chi connectivity index (χ0n) is 26.5. The van der Waals surface area contributed by atoms with Crippen molar-refractivity contribution in [3.05, 3.63) is 112 Å². The minimum absolute atomic E-state index is 0.0132. The summed E-state index contributed by atoms with van der Waals surface area (Å²) in [6, 6.07) is 17.6. The highest BCUT2D eigenvalue weighted by Gasteiger charge is 2.16. The van der Waals surface area contributed by atoms with Crippen LogP contribution in [0.25, 0.3) is 0 Å². The van der Waals surface area contributed by atoms with Crippen LogP contribution in [0.5, 0.6) is 11.5 Å². The maximum Gasteiger partial charge on any atom is 0.322 e. The molecule has 10 nitrogen and oxygen atoms in total. The number of hydrogen-bond donors (Lipinski definition) is 5. The van der Waals surface area contributed by atoms with Gasteiger partial charge in [-0.05, 0) is 80.2 Å². The molecule has 50 heavy (non-hydrogen) atoms. The van der Waals surface area contributed by atoms with Crippen molar-refractivity contribution in [2.45, 2.75) is 26.1 Å². The largest absolute Gasteiger partial charge is 0.486 e. The van der Waals surface area contributed by atoms with Gasteiger partial charge >= 0.3 is 11.9 Å². The van der Waals surface area contributed by atoms with Crippen molar-refractivity contribution < 1.29 is 34.1 Å². The molecule has 0 aromatic heterocycles. The Morgan fingerprint density at radius 3 is 1.64 bits per heavy atom. The van der Waals surface area contributed by atoms with E-state index >= 15 is 0 Å². The summed E-state index contributed by atoms with van der Waals surface area (Å²) in [4.78, 5) is 33.2. The fraction of sp³-hybridized carbons (Fsp3) is 0.206. The molecule has 5 N–H and O–H groups in total. The molecule has 0 aliphatic rings. The van der Waals surface area contributed by atoms with Crippen molar-refractivity contribution in [3.63, 3.8) is 0 Å². The third-order valence-corrected chi connectivity index (χ3v) is 9.42. The molecule has 0 aliphatic carbocycles. The molecule has 0 aliphatic heterocycles. The van der Waals surface area contributed by atoms with Crippen LogP contribution in [0.15, 0.2) is 69.6 Å². The normalized spacial score (nSPS) is 10.4. The first-order chi connectivity index (χ1) is 23.7. The lowest BCUT2D eigenvalue weighted by Gasteiger charge is -2.14. The van der Waals surface area contributed by atoms with Crippen molar-refractivity contribution >= 4 is 107 Å². The van der Waals surface area contributed by atoms with E-state index in [0.717, 1.165) is 28.1 Å². The van der Waals surface area contributed by atoms with Crippen LogP contribution >= 0.6 is 78.3 Å². The van der Waals surface area contributed by atoms with Gasteiger partial charge in [0, 0.05) is 37.2 Å². The molecule has 266 valence electrons. The summed E-state index contributed by atoms with van der Waals surface area (Å²) >= 11 is 31.8. The highest BCUT2D eigenvalue weighted by atomic mass is 79.9. The Morgan fingerprint density at radius 2 is 1.20 bits per heavy atom. The summed E-state index contributed by atoms with van der Waals surface area (Å²) in [7, 11) is 3.57. The minimum Gasteiger partial charge on any atom is -0.486 e. The summed E-state index contributed by atoms with van der Waals surface area (Å²) in [5, 5.41) is 27.5. The molecular weight excluding hydrogens is 864 g/mol. The summed E-state index contributed by atoms with van der Waals surface area (Å²) < 4.78 is 12.7. The molecule has 1 amide bonds. The second-order valence-corrected chi connectivity index (χ2v) is 13.5. The van der Waals surface area contributed by atoms with Crippen molar-refractivity contribution in [1.29, 1.82) is 0 Å². The molecule has 16 heteroatoms. The average molecular weight is 895 g/mol. The Kier molecular flexibility index (Phi) is 16.3. The van der Waals surface area contributed by atoms with Gasteiger partial charge in [-0.15, -0.1) is 0 Å². The topological polar surface area (TPSA) is 146 Å². The molecule has 0 radical (unpaired) electrons. The zero-order chi connectivity index (χ0) is 37.0. The van der Waals surface area contributed by atoms with E-state index in [-0.39, 0.29) is 19.6 Å². The van der Waals surface area contributed by atoms with Crippen LogP contribution in [-0.2, 0) is 29.2 Å². The fourth-order valence-electron chi connectivity index (χ4n) is 4.30. The fourth-order valence-corrected chi connectivity index (χ4v) is 6.91. The molecule has 0 fully saturated rings. The standard InChI is InChI=1S/C17H15Br2ClN2O4.C17H16Cl3NO3/c1-21-13-4-2-3-9(15(13)20)8-26-16-11(18)5-10(6-12(16)19)17(25)22-7-14(23)24;1-21-14-4-2-3-11(16(14)20)9-24-17-12(18)7-10(8-13(17)19)5-6-15(22)23/h2-6,21H,7-8H2,1H3,(H,22,25)(H,23,24);2-4,7-8,21H,5-6,9H2,1H3,(H,22,23). The highest BCUT2D eigenvalue weighted by Crippen LogP contribution is 2.37. The van der Waals surface area contributed by atoms with Gasteiger partial charge in [-0.25, -0.2) is 0 Å². The Morgan fingerprint density at radius 1 is 0.720 bits per heavy atom. The van der Waals surface area contributed by atoms with Gasteiger partial charge < -0.3 is 35.6 Å². The summed E-state index contributed by atoms with van der Waals surface area (Å²) in [5.41, 5.74) is 4.25. The molecule has 4 rings (SSSR count). The van der Waals surface area contributed by atoms with Crippen molar-refractivity contribution in [3.8, 4) is 11.5 Å². The van der Waals surface area contributed by atoms with E-state index in [9.17, 15) is 14.4 Å². The van der Waals surface area contributed by atoms with Gasteiger partial charge in [-0.2, -0.15) is 0 Å². The van der Waals surface area contributed by atoms with Crippen LogP contribution in [-0.4, -0.2) is 48.7 Å². The number of nitrogens with one attached hydrogen (secondary N) is 3. The maximum absolute atomic E-state index is 12.0. The Labute approximate surface area is 325 Å². The number of hydrogen-bond acceptors (Lipinski definition) is 7. The number of halogens is 6. The first-order valence-electron chi connectivity index (χ1n) is 14.6. The number of ether oxygens (including phenoxy) is 2. The number of carbonyl (C=O) groups is 3. The quantitative estimate of drug-likeness (QED) is 0.0836. The second-order valence-electron chi connectivity index (χ2n) is 10.3. The molecule has 0 bridgehead atoms. The Balaban J connectivity index is 0.000000271. The van der Waals surface area contributed by atoms with E-state index in [0.29, 0.717) is 52.5 Å². The monoisotopic (exact) mass is 891 g/mol. The SMILES string of the molecule is CNc1cccc(COc2c(Br)cc(C(=O)NCC(=O)O)cc2Br)c1Cl.CNc1cccc(COc2c(Cl)cc(CCC(=O)O)cc2Cl)c1Cl. The third-order valence-electron chi connectivity index (χ3n) is 6.79. The highest BCUT2D eigenvalue weighted by molar-refractivity contribution is 9.11. The van der Waals surface area contributed by atoms with Crippen molar-refractivity contribution in [2.75, 3.05) is 31.3 Å². The summed E-state index contributed by atoms with van der Waals surface area (Å²) in [5.74, 6) is -1.63. The van der Waals surface area contributed by atoms with E-state index in [4.69, 9.17) is 66.1 Å². The zero-order valence-corrected chi connectivity index (χ0v) is 32.7. The molecule has 0 saturated heterocycles. The lowest BCUT2D eigenvalue weighted by Crippen LogP contribution is -2.29. The maximum atomic E-state index is 12.0. The molecule has 0 saturated carbocycles. The van der Waals surface area contributed by atoms with Gasteiger partial charge in [0.05, 0.1) is 40.4 Å². The first-order valence-corrected chi connectivity index (χ1v) is 17.7. The number of rotatable bonds is 14. The summed E-state index contributed by atoms with van der Waals surface area (Å²) in [6.45, 7) is -0.00893. The van der Waals surface area contributed by atoms with Crippen molar-refractivity contribution in [2.24, 2.45) is 0 Å². The number of carboxylic acid groups (broad SMARTS) is 2. The Bertz CT molecular complexity index is 1820. The second kappa shape index (κ2) is 19.9. The van der Waals surface area contributed by atoms with Crippen LogP contribution in [0.3, 0.4) is 0 Å². The minimum atomic E-state index is -1.11. The van der Waals surface area contributed by atoms with Crippen LogP contribution in [0.2, 0.25) is 20.1 Å². The lowest BCUT2D eigenvalue weighted by molar-refractivity contribution is -0.137. The van der Waals surface area contributed by atoms with E-state index in [1.807, 2.05) is 36.4 Å². The smallest absolute Gasteiger partial charge is 0.322 e. The van der Waals surface area contributed by atoms with Gasteiger partial charge in [-0.1, -0.05) is 70.7 Å². The van der Waals surface area contributed by atoms with Crippen LogP contribution in [0, 0.1) is 0 Å². The number of amides is 1. The number of anilines is 2. The van der Waals surface area contributed by atoms with Gasteiger partial charge in [0.25, 0.3) is 5.91 Å². The number of aryl methyl sites for hydroxylation is 1. The van der Waals surface area contributed by atoms with E-state index < -0.39 is 24.4 Å². The summed E-state index contributed by atoms with van der Waals surface area (Å²) in [6.07, 6.45) is 0.365. The molecule has 0 heterocycles. The van der Waals surface area contributed by atoms with Crippen molar-refractivity contribution in [1.82, 2.24) is 5.32 Å². The number of benzene rings is 4. The van der Waals surface area contributed by atoms with Crippen LogP contribution < -0.4 is 25.4 Å². The number of carbonyl (C=O) groups excluding carboxylic acids is 1. The molecule has 4 aromatic rings. The van der Waals surface area contributed by atoms with E-state index in [1.165, 1.54) is 0 Å². The average Bonchev–Trinajstić information content (AvgIpc) is 3.07. The predicted octanol–water partition coefficient (Wildman–Crippen LogP) is 9.58. The lowest BCUT2D eigenvalue weighted by atomic mass is 10.1. The van der Waals surface area contributed by atoms with Gasteiger partial charge in [0.2, 0.25) is 0 Å². The van der Waals surface area contributed by atoms with Crippen LogP contribution in [0.4, 0.5) is 11.4 Å². The Hall–Kier alpha value is -3.39. The molecule has 0 unspecified atom stereocenters. The van der Waals surface area contributed by atoms with Crippen LogP contribution in [0.1, 0.15) is 33.5 Å². The van der Waals surface area contributed by atoms with E-state index in [2.05, 4.69) is 47.8 Å². The van der Waals surface area contributed by atoms with Gasteiger partial charge in [-0.3, -0.25) is 14.4 Å². The molecule has 0 spiro atoms.